The van der Waals surface area contributed by atoms with Crippen molar-refractivity contribution in [3.05, 3.63) is 0 Å². The first-order valence-electron chi connectivity index (χ1n) is 5.58. The van der Waals surface area contributed by atoms with Crippen molar-refractivity contribution in [2.24, 2.45) is 17.3 Å². The Morgan fingerprint density at radius 2 is 1.94 bits per heavy atom. The van der Waals surface area contributed by atoms with Gasteiger partial charge in [-0.15, -0.1) is 0 Å². The molecule has 0 heterocycles. The van der Waals surface area contributed by atoms with E-state index in [4.69, 9.17) is 0 Å². The highest BCUT2D eigenvalue weighted by molar-refractivity contribution is 6.04. The van der Waals surface area contributed by atoms with Crippen LogP contribution in [0.3, 0.4) is 0 Å². The molecular formula is C12H18F2O2. The molecule has 0 aromatic carbocycles. The zero-order valence-electron chi connectivity index (χ0n) is 9.93. The molecule has 2 unspecified atom stereocenters. The fourth-order valence-corrected chi connectivity index (χ4v) is 2.24. The maximum absolute atomic E-state index is 12.3. The molecule has 2 atom stereocenters. The summed E-state index contributed by atoms with van der Waals surface area (Å²) >= 11 is 0. The van der Waals surface area contributed by atoms with Crippen LogP contribution in [0, 0.1) is 17.3 Å². The van der Waals surface area contributed by atoms with Gasteiger partial charge >= 0.3 is 0 Å². The zero-order chi connectivity index (χ0) is 12.5. The Morgan fingerprint density at radius 3 is 2.38 bits per heavy atom. The third kappa shape index (κ3) is 2.86. The topological polar surface area (TPSA) is 34.1 Å². The van der Waals surface area contributed by atoms with E-state index in [9.17, 15) is 18.4 Å². The van der Waals surface area contributed by atoms with E-state index in [2.05, 4.69) is 0 Å². The Hall–Kier alpha value is -0.800. The number of hydrogen-bond acceptors (Lipinski definition) is 2. The van der Waals surface area contributed by atoms with Crippen LogP contribution in [0.25, 0.3) is 0 Å². The molecule has 0 aliphatic heterocycles. The summed E-state index contributed by atoms with van der Waals surface area (Å²) in [5, 5.41) is 0. The third-order valence-corrected chi connectivity index (χ3v) is 3.43. The molecule has 0 saturated heterocycles. The van der Waals surface area contributed by atoms with E-state index >= 15 is 0 Å². The minimum Gasteiger partial charge on any atom is -0.299 e. The summed E-state index contributed by atoms with van der Waals surface area (Å²) in [5.41, 5.74) is -0.0403. The largest absolute Gasteiger partial charge is 0.299 e. The Balaban J connectivity index is 2.77. The molecule has 1 aliphatic rings. The number of carbonyl (C=O) groups excluding carboxylic acids is 2. The molecule has 1 saturated carbocycles. The van der Waals surface area contributed by atoms with Gasteiger partial charge in [-0.2, -0.15) is 0 Å². The lowest BCUT2D eigenvalue weighted by Gasteiger charge is -2.36. The van der Waals surface area contributed by atoms with Gasteiger partial charge in [-0.25, -0.2) is 8.78 Å². The average molecular weight is 232 g/mol. The standard InChI is InChI=1S/C12H18F2O2/c1-12(2,3)7-4-5-9(15)8(6-7)10(16)11(13)14/h7-8,11H,4-6H2,1-3H3. The summed E-state index contributed by atoms with van der Waals surface area (Å²) in [5.74, 6) is -2.42. The highest BCUT2D eigenvalue weighted by atomic mass is 19.3. The molecule has 1 rings (SSSR count). The van der Waals surface area contributed by atoms with Crippen LogP contribution >= 0.6 is 0 Å². The van der Waals surface area contributed by atoms with Gasteiger partial charge < -0.3 is 0 Å². The fourth-order valence-electron chi connectivity index (χ4n) is 2.24. The highest BCUT2D eigenvalue weighted by Gasteiger charge is 2.40. The third-order valence-electron chi connectivity index (χ3n) is 3.43. The average Bonchev–Trinajstić information content (AvgIpc) is 2.15. The first kappa shape index (κ1) is 13.3. The molecule has 2 nitrogen and oxygen atoms in total. The van der Waals surface area contributed by atoms with Crippen LogP contribution in [-0.4, -0.2) is 18.0 Å². The summed E-state index contributed by atoms with van der Waals surface area (Å²) in [6, 6.07) is 0. The number of Topliss-reactive ketones (excluding diaryl/α,β-unsaturated/α-hetero) is 2. The maximum atomic E-state index is 12.3. The van der Waals surface area contributed by atoms with Crippen molar-refractivity contribution >= 4 is 11.6 Å². The van der Waals surface area contributed by atoms with Crippen LogP contribution in [0.1, 0.15) is 40.0 Å². The van der Waals surface area contributed by atoms with Crippen molar-refractivity contribution in [1.82, 2.24) is 0 Å². The van der Waals surface area contributed by atoms with Gasteiger partial charge in [0.2, 0.25) is 5.78 Å². The van der Waals surface area contributed by atoms with Gasteiger partial charge in [0.25, 0.3) is 6.43 Å². The molecule has 1 aliphatic carbocycles. The second-order valence-electron chi connectivity index (χ2n) is 5.56. The predicted octanol–water partition coefficient (Wildman–Crippen LogP) is 2.85. The lowest BCUT2D eigenvalue weighted by Crippen LogP contribution is -2.38. The second kappa shape index (κ2) is 4.60. The molecule has 4 heteroatoms. The zero-order valence-corrected chi connectivity index (χ0v) is 9.93. The van der Waals surface area contributed by atoms with Crippen LogP contribution in [0.15, 0.2) is 0 Å². The monoisotopic (exact) mass is 232 g/mol. The number of alkyl halides is 2. The fraction of sp³-hybridized carbons (Fsp3) is 0.833. The minimum absolute atomic E-state index is 0.0403. The van der Waals surface area contributed by atoms with Gasteiger partial charge in [-0.3, -0.25) is 9.59 Å². The van der Waals surface area contributed by atoms with Crippen LogP contribution < -0.4 is 0 Å². The van der Waals surface area contributed by atoms with E-state index in [-0.39, 0.29) is 30.0 Å². The number of halogens is 2. The van der Waals surface area contributed by atoms with Gasteiger partial charge in [-0.1, -0.05) is 20.8 Å². The summed E-state index contributed by atoms with van der Waals surface area (Å²) in [6.07, 6.45) is -1.78. The minimum atomic E-state index is -3.02. The molecule has 0 radical (unpaired) electrons. The first-order valence-corrected chi connectivity index (χ1v) is 5.58. The number of ketones is 2. The van der Waals surface area contributed by atoms with Gasteiger partial charge in [0.15, 0.2) is 0 Å². The van der Waals surface area contributed by atoms with E-state index in [1.54, 1.807) is 0 Å². The normalized spacial score (nSPS) is 27.2. The van der Waals surface area contributed by atoms with Crippen LogP contribution in [0.4, 0.5) is 8.78 Å². The lowest BCUT2D eigenvalue weighted by molar-refractivity contribution is -0.143. The van der Waals surface area contributed by atoms with Crippen molar-refractivity contribution in [2.45, 2.75) is 46.5 Å². The molecule has 0 bridgehead atoms. The van der Waals surface area contributed by atoms with Crippen molar-refractivity contribution in [2.75, 3.05) is 0 Å². The second-order valence-corrected chi connectivity index (χ2v) is 5.56. The van der Waals surface area contributed by atoms with Gasteiger partial charge in [0, 0.05) is 6.42 Å². The molecule has 16 heavy (non-hydrogen) atoms. The molecule has 0 amide bonds. The molecule has 0 aromatic heterocycles. The van der Waals surface area contributed by atoms with E-state index in [1.807, 2.05) is 20.8 Å². The summed E-state index contributed by atoms with van der Waals surface area (Å²) in [7, 11) is 0. The molecule has 0 N–H and O–H groups in total. The van der Waals surface area contributed by atoms with E-state index in [1.165, 1.54) is 0 Å². The molecule has 1 fully saturated rings. The Kier molecular flexibility index (Phi) is 3.81. The molecular weight excluding hydrogens is 214 g/mol. The first-order chi connectivity index (χ1) is 7.23. The van der Waals surface area contributed by atoms with Gasteiger partial charge in [-0.05, 0) is 24.2 Å². The molecule has 0 spiro atoms. The van der Waals surface area contributed by atoms with Crippen molar-refractivity contribution < 1.29 is 18.4 Å². The van der Waals surface area contributed by atoms with Gasteiger partial charge in [0.05, 0.1) is 5.92 Å². The van der Waals surface area contributed by atoms with E-state index in [0.29, 0.717) is 6.42 Å². The van der Waals surface area contributed by atoms with E-state index < -0.39 is 18.1 Å². The quantitative estimate of drug-likeness (QED) is 0.686. The highest BCUT2D eigenvalue weighted by Crippen LogP contribution is 2.39. The number of rotatable bonds is 2. The lowest BCUT2D eigenvalue weighted by atomic mass is 9.68. The maximum Gasteiger partial charge on any atom is 0.296 e. The summed E-state index contributed by atoms with van der Waals surface area (Å²) in [4.78, 5) is 22.7. The summed E-state index contributed by atoms with van der Waals surface area (Å²) in [6.45, 7) is 6.03. The Bertz CT molecular complexity index is 292. The van der Waals surface area contributed by atoms with Crippen molar-refractivity contribution in [1.29, 1.82) is 0 Å². The molecule has 92 valence electrons. The van der Waals surface area contributed by atoms with Crippen molar-refractivity contribution in [3.63, 3.8) is 0 Å². The molecule has 0 aromatic rings. The van der Waals surface area contributed by atoms with Crippen LogP contribution in [0.2, 0.25) is 0 Å². The van der Waals surface area contributed by atoms with Crippen LogP contribution in [0.5, 0.6) is 0 Å². The van der Waals surface area contributed by atoms with Gasteiger partial charge in [0.1, 0.15) is 5.78 Å². The van der Waals surface area contributed by atoms with Crippen LogP contribution in [-0.2, 0) is 9.59 Å². The Labute approximate surface area is 94.4 Å². The predicted molar refractivity (Wildman–Crippen MR) is 56.3 cm³/mol. The number of carbonyl (C=O) groups is 2. The van der Waals surface area contributed by atoms with Crippen molar-refractivity contribution in [3.8, 4) is 0 Å². The summed E-state index contributed by atoms with van der Waals surface area (Å²) < 4.78 is 24.6. The number of hydrogen-bond donors (Lipinski definition) is 0. The smallest absolute Gasteiger partial charge is 0.296 e. The SMILES string of the molecule is CC(C)(C)C1CCC(=O)C(C(=O)C(F)F)C1. The Morgan fingerprint density at radius 1 is 1.38 bits per heavy atom. The van der Waals surface area contributed by atoms with E-state index in [0.717, 1.165) is 0 Å².